The van der Waals surface area contributed by atoms with Crippen molar-refractivity contribution >= 4 is 5.69 Å². The van der Waals surface area contributed by atoms with Gasteiger partial charge in [-0.1, -0.05) is 17.7 Å². The molecule has 1 aromatic rings. The zero-order valence-electron chi connectivity index (χ0n) is 12.4. The van der Waals surface area contributed by atoms with Crippen LogP contribution in [0.4, 0.5) is 5.69 Å². The van der Waals surface area contributed by atoms with E-state index in [1.54, 1.807) is 0 Å². The summed E-state index contributed by atoms with van der Waals surface area (Å²) >= 11 is 0. The Morgan fingerprint density at radius 3 is 2.16 bits per heavy atom. The maximum atomic E-state index is 9.71. The minimum Gasteiger partial charge on any atom is -0.366 e. The Kier molecular flexibility index (Phi) is 3.10. The zero-order chi connectivity index (χ0) is 14.3. The fourth-order valence-electron chi connectivity index (χ4n) is 2.95. The number of aryl methyl sites for hydroxylation is 1. The van der Waals surface area contributed by atoms with Crippen molar-refractivity contribution in [2.45, 2.75) is 57.8 Å². The van der Waals surface area contributed by atoms with Crippen LogP contribution in [0.25, 0.3) is 0 Å². The summed E-state index contributed by atoms with van der Waals surface area (Å²) in [5.74, 6) is 0. The van der Waals surface area contributed by atoms with E-state index >= 15 is 0 Å². The molecule has 0 amide bonds. The van der Waals surface area contributed by atoms with Crippen molar-refractivity contribution in [2.75, 3.05) is 5.32 Å². The normalized spacial score (nSPS) is 27.8. The van der Waals surface area contributed by atoms with Crippen molar-refractivity contribution in [3.05, 3.63) is 29.8 Å². The van der Waals surface area contributed by atoms with Crippen LogP contribution >= 0.6 is 0 Å². The number of nitrogens with one attached hydrogen (secondary N) is 1. The minimum atomic E-state index is -0.703. The van der Waals surface area contributed by atoms with Gasteiger partial charge in [-0.2, -0.15) is 5.26 Å². The highest BCUT2D eigenvalue weighted by atomic mass is 16.5. The maximum absolute atomic E-state index is 9.71. The van der Waals surface area contributed by atoms with Crippen molar-refractivity contribution in [1.82, 2.24) is 0 Å². The highest BCUT2D eigenvalue weighted by Gasteiger charge is 2.58. The van der Waals surface area contributed by atoms with Crippen LogP contribution < -0.4 is 5.32 Å². The summed E-state index contributed by atoms with van der Waals surface area (Å²) in [5, 5.41) is 13.1. The topological polar surface area (TPSA) is 45.0 Å². The molecule has 0 aliphatic carbocycles. The van der Waals surface area contributed by atoms with Crippen LogP contribution in [-0.2, 0) is 4.74 Å². The highest BCUT2D eigenvalue weighted by Crippen LogP contribution is 2.46. The molecule has 1 unspecified atom stereocenters. The van der Waals surface area contributed by atoms with Crippen LogP contribution in [-0.4, -0.2) is 16.7 Å². The molecule has 1 aliphatic heterocycles. The summed E-state index contributed by atoms with van der Waals surface area (Å²) in [6.07, 6.45) is 0.664. The number of benzene rings is 1. The van der Waals surface area contributed by atoms with Crippen LogP contribution in [0.5, 0.6) is 0 Å². The summed E-state index contributed by atoms with van der Waals surface area (Å²) in [6.45, 7) is 10.1. The smallest absolute Gasteiger partial charge is 0.156 e. The Bertz CT molecular complexity index is 511. The second kappa shape index (κ2) is 4.25. The second-order valence-electron chi connectivity index (χ2n) is 6.56. The molecule has 1 heterocycles. The van der Waals surface area contributed by atoms with Crippen molar-refractivity contribution in [3.63, 3.8) is 0 Å². The molecule has 1 N–H and O–H groups in total. The zero-order valence-corrected chi connectivity index (χ0v) is 12.4. The van der Waals surface area contributed by atoms with Gasteiger partial charge in [-0.15, -0.1) is 0 Å². The highest BCUT2D eigenvalue weighted by molar-refractivity contribution is 5.51. The average molecular weight is 258 g/mol. The first-order valence-corrected chi connectivity index (χ1v) is 6.66. The monoisotopic (exact) mass is 258 g/mol. The van der Waals surface area contributed by atoms with Gasteiger partial charge in [0.1, 0.15) is 0 Å². The third kappa shape index (κ3) is 2.46. The number of anilines is 1. The van der Waals surface area contributed by atoms with E-state index in [0.29, 0.717) is 6.42 Å². The fraction of sp³-hybridized carbons (Fsp3) is 0.562. The van der Waals surface area contributed by atoms with E-state index in [1.165, 1.54) is 5.56 Å². The molecule has 0 radical (unpaired) electrons. The fourth-order valence-corrected chi connectivity index (χ4v) is 2.95. The average Bonchev–Trinajstić information content (AvgIpc) is 2.47. The molecule has 0 aromatic heterocycles. The number of nitriles is 1. The lowest BCUT2D eigenvalue weighted by atomic mass is 9.80. The first kappa shape index (κ1) is 13.9. The standard InChI is InChI=1S/C16H22N2O/c1-12-6-8-13(9-7-12)18-16(11-17)10-14(2,3)19-15(16,4)5/h6-9,18H,10H2,1-5H3. The van der Waals surface area contributed by atoms with Gasteiger partial charge in [0.05, 0.1) is 17.3 Å². The largest absolute Gasteiger partial charge is 0.366 e. The van der Waals surface area contributed by atoms with Gasteiger partial charge in [0.2, 0.25) is 0 Å². The molecule has 2 rings (SSSR count). The van der Waals surface area contributed by atoms with Gasteiger partial charge in [-0.3, -0.25) is 0 Å². The van der Waals surface area contributed by atoms with Crippen LogP contribution in [0.1, 0.15) is 39.7 Å². The van der Waals surface area contributed by atoms with Gasteiger partial charge in [0.25, 0.3) is 0 Å². The van der Waals surface area contributed by atoms with Gasteiger partial charge in [0.15, 0.2) is 5.54 Å². The van der Waals surface area contributed by atoms with E-state index in [9.17, 15) is 5.26 Å². The molecular formula is C16H22N2O. The maximum Gasteiger partial charge on any atom is 0.156 e. The molecule has 0 spiro atoms. The molecule has 102 valence electrons. The summed E-state index contributed by atoms with van der Waals surface area (Å²) in [4.78, 5) is 0. The Morgan fingerprint density at radius 1 is 1.16 bits per heavy atom. The first-order chi connectivity index (χ1) is 8.70. The Balaban J connectivity index is 2.34. The summed E-state index contributed by atoms with van der Waals surface area (Å²) in [5.41, 5.74) is 0.638. The van der Waals surface area contributed by atoms with Crippen LogP contribution in [0.3, 0.4) is 0 Å². The molecule has 1 aromatic carbocycles. The molecule has 0 bridgehead atoms. The molecule has 1 fully saturated rings. The SMILES string of the molecule is Cc1ccc(NC2(C#N)CC(C)(C)OC2(C)C)cc1. The lowest BCUT2D eigenvalue weighted by molar-refractivity contribution is -0.0713. The van der Waals surface area contributed by atoms with Crippen molar-refractivity contribution in [3.8, 4) is 6.07 Å². The molecule has 1 atom stereocenters. The molecule has 0 saturated carbocycles. The number of hydrogen-bond donors (Lipinski definition) is 1. The number of hydrogen-bond acceptors (Lipinski definition) is 3. The molecular weight excluding hydrogens is 236 g/mol. The predicted molar refractivity (Wildman–Crippen MR) is 77.0 cm³/mol. The number of ether oxygens (including phenoxy) is 1. The molecule has 3 heteroatoms. The lowest BCUT2D eigenvalue weighted by Gasteiger charge is -2.35. The van der Waals surface area contributed by atoms with Crippen LogP contribution in [0.2, 0.25) is 0 Å². The molecule has 1 saturated heterocycles. The van der Waals surface area contributed by atoms with E-state index in [2.05, 4.69) is 18.3 Å². The number of rotatable bonds is 2. The summed E-state index contributed by atoms with van der Waals surface area (Å²) in [6, 6.07) is 10.6. The first-order valence-electron chi connectivity index (χ1n) is 6.66. The molecule has 1 aliphatic rings. The Morgan fingerprint density at radius 2 is 1.74 bits per heavy atom. The molecule has 19 heavy (non-hydrogen) atoms. The predicted octanol–water partition coefficient (Wildman–Crippen LogP) is 3.65. The van der Waals surface area contributed by atoms with E-state index in [-0.39, 0.29) is 5.60 Å². The van der Waals surface area contributed by atoms with Gasteiger partial charge in [0, 0.05) is 12.1 Å². The van der Waals surface area contributed by atoms with E-state index in [4.69, 9.17) is 4.74 Å². The lowest BCUT2D eigenvalue weighted by Crippen LogP contribution is -2.51. The third-order valence-corrected chi connectivity index (χ3v) is 3.85. The van der Waals surface area contributed by atoms with Gasteiger partial charge in [-0.05, 0) is 46.8 Å². The number of nitrogens with zero attached hydrogens (tertiary/aromatic N) is 1. The molecule has 3 nitrogen and oxygen atoms in total. The van der Waals surface area contributed by atoms with Crippen molar-refractivity contribution in [1.29, 1.82) is 5.26 Å². The van der Waals surface area contributed by atoms with Crippen LogP contribution in [0, 0.1) is 18.3 Å². The Labute approximate surface area is 115 Å². The van der Waals surface area contributed by atoms with Gasteiger partial charge < -0.3 is 10.1 Å². The van der Waals surface area contributed by atoms with Crippen LogP contribution in [0.15, 0.2) is 24.3 Å². The minimum absolute atomic E-state index is 0.295. The van der Waals surface area contributed by atoms with Crippen molar-refractivity contribution in [2.24, 2.45) is 0 Å². The van der Waals surface area contributed by atoms with E-state index in [0.717, 1.165) is 5.69 Å². The van der Waals surface area contributed by atoms with E-state index < -0.39 is 11.1 Å². The van der Waals surface area contributed by atoms with E-state index in [1.807, 2.05) is 52.0 Å². The summed E-state index contributed by atoms with van der Waals surface area (Å²) in [7, 11) is 0. The third-order valence-electron chi connectivity index (χ3n) is 3.85. The van der Waals surface area contributed by atoms with Crippen molar-refractivity contribution < 1.29 is 4.74 Å². The Hall–Kier alpha value is -1.53. The second-order valence-corrected chi connectivity index (χ2v) is 6.56. The quantitative estimate of drug-likeness (QED) is 0.880. The van der Waals surface area contributed by atoms with Gasteiger partial charge >= 0.3 is 0 Å². The van der Waals surface area contributed by atoms with Gasteiger partial charge in [-0.25, -0.2) is 0 Å². The summed E-state index contributed by atoms with van der Waals surface area (Å²) < 4.78 is 6.05.